The first-order valence-electron chi connectivity index (χ1n) is 10.5. The zero-order valence-electron chi connectivity index (χ0n) is 18.3. The molecule has 0 aliphatic carbocycles. The molecule has 1 amide bonds. The van der Waals surface area contributed by atoms with Gasteiger partial charge in [-0.1, -0.05) is 12.1 Å². The monoisotopic (exact) mass is 414 g/mol. The standard InChI is InChI=1S/C24H26N6O/c1-14-17(13-25)7-5-8-18(14)15(2)27-23-20-12-22(26-4)21(24(31)30-9-6-10-30)11-19(20)16(3)28-29-23/h5,7-8,11-12,15,26H,6,9-10H2,1-4H3,(H,27,29)/t15-/m1/s1. The number of amides is 1. The Hall–Kier alpha value is -3.66. The number of hydrogen-bond donors (Lipinski definition) is 2. The summed E-state index contributed by atoms with van der Waals surface area (Å²) in [6, 6.07) is 11.8. The number of hydrogen-bond acceptors (Lipinski definition) is 6. The number of fused-ring (bicyclic) bond motifs is 1. The molecule has 0 unspecified atom stereocenters. The van der Waals surface area contributed by atoms with Crippen LogP contribution in [0.5, 0.6) is 0 Å². The van der Waals surface area contributed by atoms with Crippen LogP contribution >= 0.6 is 0 Å². The second-order valence-corrected chi connectivity index (χ2v) is 7.97. The smallest absolute Gasteiger partial charge is 0.255 e. The summed E-state index contributed by atoms with van der Waals surface area (Å²) in [6.07, 6.45) is 1.05. The normalized spacial score (nSPS) is 14.0. The third-order valence-corrected chi connectivity index (χ3v) is 6.06. The summed E-state index contributed by atoms with van der Waals surface area (Å²) < 4.78 is 0. The van der Waals surface area contributed by atoms with Gasteiger partial charge in [0.25, 0.3) is 5.91 Å². The van der Waals surface area contributed by atoms with Gasteiger partial charge in [-0.25, -0.2) is 0 Å². The SMILES string of the molecule is CNc1cc2c(N[C@H](C)c3cccc(C#N)c3C)nnc(C)c2cc1C(=O)N1CCC1. The summed E-state index contributed by atoms with van der Waals surface area (Å²) in [5.74, 6) is 0.690. The van der Waals surface area contributed by atoms with Crippen molar-refractivity contribution in [2.45, 2.75) is 33.2 Å². The minimum atomic E-state index is -0.0751. The van der Waals surface area contributed by atoms with Gasteiger partial charge in [-0.2, -0.15) is 10.4 Å². The Labute approximate surface area is 182 Å². The summed E-state index contributed by atoms with van der Waals surface area (Å²) in [6.45, 7) is 7.51. The molecule has 158 valence electrons. The molecule has 1 aliphatic rings. The lowest BCUT2D eigenvalue weighted by Gasteiger charge is -2.31. The van der Waals surface area contributed by atoms with Crippen LogP contribution in [0.2, 0.25) is 0 Å². The Morgan fingerprint density at radius 2 is 1.97 bits per heavy atom. The van der Waals surface area contributed by atoms with Crippen molar-refractivity contribution >= 4 is 28.2 Å². The summed E-state index contributed by atoms with van der Waals surface area (Å²) in [5, 5.41) is 26.5. The van der Waals surface area contributed by atoms with Gasteiger partial charge in [-0.15, -0.1) is 5.10 Å². The number of aromatic nitrogens is 2. The van der Waals surface area contributed by atoms with Crippen LogP contribution in [0, 0.1) is 25.2 Å². The number of benzene rings is 2. The first-order valence-corrected chi connectivity index (χ1v) is 10.5. The van der Waals surface area contributed by atoms with Gasteiger partial charge in [0.1, 0.15) is 0 Å². The van der Waals surface area contributed by atoms with Crippen molar-refractivity contribution in [1.82, 2.24) is 15.1 Å². The molecule has 1 aromatic heterocycles. The third kappa shape index (κ3) is 3.66. The van der Waals surface area contributed by atoms with E-state index in [9.17, 15) is 10.1 Å². The van der Waals surface area contributed by atoms with Crippen LogP contribution in [-0.4, -0.2) is 41.1 Å². The highest BCUT2D eigenvalue weighted by Crippen LogP contribution is 2.33. The fourth-order valence-corrected chi connectivity index (χ4v) is 4.03. The molecule has 0 saturated carbocycles. The minimum absolute atomic E-state index is 0.0422. The second kappa shape index (κ2) is 8.23. The molecule has 2 N–H and O–H groups in total. The molecule has 1 atom stereocenters. The number of likely N-dealkylation sites (tertiary alicyclic amines) is 1. The second-order valence-electron chi connectivity index (χ2n) is 7.97. The molecule has 4 rings (SSSR count). The lowest BCUT2D eigenvalue weighted by Crippen LogP contribution is -2.42. The van der Waals surface area contributed by atoms with Crippen LogP contribution in [0.15, 0.2) is 30.3 Å². The van der Waals surface area contributed by atoms with Gasteiger partial charge in [-0.3, -0.25) is 4.79 Å². The van der Waals surface area contributed by atoms with E-state index in [-0.39, 0.29) is 11.9 Å². The lowest BCUT2D eigenvalue weighted by molar-refractivity contribution is 0.0653. The number of anilines is 2. The predicted molar refractivity (Wildman–Crippen MR) is 122 cm³/mol. The lowest BCUT2D eigenvalue weighted by atomic mass is 9.97. The van der Waals surface area contributed by atoms with Gasteiger partial charge in [0.15, 0.2) is 5.82 Å². The molecular weight excluding hydrogens is 388 g/mol. The van der Waals surface area contributed by atoms with E-state index in [1.807, 2.05) is 63.1 Å². The maximum Gasteiger partial charge on any atom is 0.255 e. The number of nitriles is 1. The highest BCUT2D eigenvalue weighted by Gasteiger charge is 2.25. The van der Waals surface area contributed by atoms with Gasteiger partial charge >= 0.3 is 0 Å². The van der Waals surface area contributed by atoms with E-state index in [0.29, 0.717) is 16.9 Å². The van der Waals surface area contributed by atoms with Crippen molar-refractivity contribution in [3.05, 3.63) is 58.3 Å². The van der Waals surface area contributed by atoms with Gasteiger partial charge in [-0.05, 0) is 56.5 Å². The van der Waals surface area contributed by atoms with Crippen LogP contribution in [0.4, 0.5) is 11.5 Å². The first-order chi connectivity index (χ1) is 14.9. The van der Waals surface area contributed by atoms with Crippen molar-refractivity contribution in [2.75, 3.05) is 30.8 Å². The van der Waals surface area contributed by atoms with Crippen molar-refractivity contribution < 1.29 is 4.79 Å². The highest BCUT2D eigenvalue weighted by atomic mass is 16.2. The largest absolute Gasteiger partial charge is 0.387 e. The van der Waals surface area contributed by atoms with E-state index in [4.69, 9.17) is 0 Å². The van der Waals surface area contributed by atoms with Crippen LogP contribution in [0.3, 0.4) is 0 Å². The molecule has 0 bridgehead atoms. The van der Waals surface area contributed by atoms with Crippen LogP contribution < -0.4 is 10.6 Å². The predicted octanol–water partition coefficient (Wildman–Crippen LogP) is 4.18. The molecule has 0 radical (unpaired) electrons. The molecule has 3 aromatic rings. The summed E-state index contributed by atoms with van der Waals surface area (Å²) in [7, 11) is 1.82. The maximum absolute atomic E-state index is 12.9. The number of carbonyl (C=O) groups excluding carboxylic acids is 1. The summed E-state index contributed by atoms with van der Waals surface area (Å²) in [4.78, 5) is 14.8. The average molecular weight is 415 g/mol. The minimum Gasteiger partial charge on any atom is -0.387 e. The Morgan fingerprint density at radius 1 is 1.19 bits per heavy atom. The fraction of sp³-hybridized carbons (Fsp3) is 0.333. The van der Waals surface area contributed by atoms with Crippen LogP contribution in [0.25, 0.3) is 10.8 Å². The van der Waals surface area contributed by atoms with Crippen LogP contribution in [0.1, 0.15) is 52.1 Å². The first kappa shape index (κ1) is 20.6. The molecule has 31 heavy (non-hydrogen) atoms. The highest BCUT2D eigenvalue weighted by molar-refractivity contribution is 6.07. The van der Waals surface area contributed by atoms with Crippen LogP contribution in [-0.2, 0) is 0 Å². The molecular formula is C24H26N6O. The van der Waals surface area contributed by atoms with Gasteiger partial charge in [0, 0.05) is 36.6 Å². The number of nitrogens with zero attached hydrogens (tertiary/aromatic N) is 4. The number of carbonyl (C=O) groups is 1. The van der Waals surface area contributed by atoms with E-state index < -0.39 is 0 Å². The van der Waals surface area contributed by atoms with E-state index in [0.717, 1.165) is 52.8 Å². The van der Waals surface area contributed by atoms with E-state index >= 15 is 0 Å². The molecule has 1 saturated heterocycles. The molecule has 2 heterocycles. The molecule has 2 aromatic carbocycles. The zero-order chi connectivity index (χ0) is 22.1. The van der Waals surface area contributed by atoms with Gasteiger partial charge < -0.3 is 15.5 Å². The van der Waals surface area contributed by atoms with E-state index in [1.54, 1.807) is 0 Å². The van der Waals surface area contributed by atoms with Gasteiger partial charge in [0.05, 0.1) is 28.9 Å². The average Bonchev–Trinajstić information content (AvgIpc) is 2.73. The fourth-order valence-electron chi connectivity index (χ4n) is 4.03. The number of rotatable bonds is 5. The Balaban J connectivity index is 1.76. The number of aryl methyl sites for hydroxylation is 1. The van der Waals surface area contributed by atoms with E-state index in [2.05, 4.69) is 26.9 Å². The van der Waals surface area contributed by atoms with Crippen molar-refractivity contribution in [2.24, 2.45) is 0 Å². The van der Waals surface area contributed by atoms with Crippen molar-refractivity contribution in [3.8, 4) is 6.07 Å². The Morgan fingerprint density at radius 3 is 2.61 bits per heavy atom. The topological polar surface area (TPSA) is 93.9 Å². The van der Waals surface area contributed by atoms with Crippen molar-refractivity contribution in [1.29, 1.82) is 5.26 Å². The molecule has 1 fully saturated rings. The number of nitrogens with one attached hydrogen (secondary N) is 2. The van der Waals surface area contributed by atoms with Crippen molar-refractivity contribution in [3.63, 3.8) is 0 Å². The summed E-state index contributed by atoms with van der Waals surface area (Å²) >= 11 is 0. The molecule has 7 heteroatoms. The Kier molecular flexibility index (Phi) is 5.47. The quantitative estimate of drug-likeness (QED) is 0.650. The molecule has 1 aliphatic heterocycles. The third-order valence-electron chi connectivity index (χ3n) is 6.06. The maximum atomic E-state index is 12.9. The Bertz CT molecular complexity index is 1210. The van der Waals surface area contributed by atoms with E-state index in [1.165, 1.54) is 0 Å². The molecule has 0 spiro atoms. The summed E-state index contributed by atoms with van der Waals surface area (Å²) in [5.41, 5.74) is 4.85. The molecule has 7 nitrogen and oxygen atoms in total. The van der Waals surface area contributed by atoms with Gasteiger partial charge in [0.2, 0.25) is 0 Å². The zero-order valence-corrected chi connectivity index (χ0v) is 18.3.